The van der Waals surface area contributed by atoms with Crippen LogP contribution in [-0.2, 0) is 0 Å². The lowest BCUT2D eigenvalue weighted by atomic mass is 10.2. The summed E-state index contributed by atoms with van der Waals surface area (Å²) in [5.74, 6) is -0.521. The summed E-state index contributed by atoms with van der Waals surface area (Å²) >= 11 is 0. The summed E-state index contributed by atoms with van der Waals surface area (Å²) in [7, 11) is 0. The molecule has 1 aromatic heterocycles. The number of H-pyrrole nitrogens is 1. The van der Waals surface area contributed by atoms with Crippen LogP contribution in [0.3, 0.4) is 0 Å². The van der Waals surface area contributed by atoms with Crippen LogP contribution in [0, 0.1) is 0 Å². The lowest BCUT2D eigenvalue weighted by Gasteiger charge is -1.88. The van der Waals surface area contributed by atoms with Gasteiger partial charge in [-0.2, -0.15) is 5.10 Å². The zero-order valence-electron chi connectivity index (χ0n) is 5.29. The van der Waals surface area contributed by atoms with Gasteiger partial charge in [0.2, 0.25) is 0 Å². The highest BCUT2D eigenvalue weighted by atomic mass is 16.1. The number of hydrogen-bond acceptors (Lipinski definition) is 2. The summed E-state index contributed by atoms with van der Waals surface area (Å²) in [6.07, 6.45) is 3.01. The van der Waals surface area contributed by atoms with Crippen molar-refractivity contribution in [1.82, 2.24) is 10.2 Å². The van der Waals surface area contributed by atoms with Gasteiger partial charge in [-0.1, -0.05) is 12.7 Å². The van der Waals surface area contributed by atoms with Gasteiger partial charge in [-0.3, -0.25) is 9.89 Å². The first-order valence-corrected chi connectivity index (χ1v) is 2.71. The number of amides is 1. The van der Waals surface area contributed by atoms with Crippen molar-refractivity contribution in [2.45, 2.75) is 0 Å². The highest BCUT2D eigenvalue weighted by Crippen LogP contribution is 2.03. The third-order valence-corrected chi connectivity index (χ3v) is 1.13. The Labute approximate surface area is 57.7 Å². The predicted molar refractivity (Wildman–Crippen MR) is 37.2 cm³/mol. The SMILES string of the molecule is C=Cc1cn[nH]c1C(N)=O. The fourth-order valence-electron chi connectivity index (χ4n) is 0.648. The topological polar surface area (TPSA) is 71.8 Å². The molecule has 0 spiro atoms. The second-order valence-electron chi connectivity index (χ2n) is 1.77. The van der Waals surface area contributed by atoms with Crippen molar-refractivity contribution in [3.05, 3.63) is 24.0 Å². The molecule has 10 heavy (non-hydrogen) atoms. The molecule has 0 radical (unpaired) electrons. The number of hydrogen-bond donors (Lipinski definition) is 2. The fraction of sp³-hybridized carbons (Fsp3) is 0. The second kappa shape index (κ2) is 2.34. The minimum atomic E-state index is -0.521. The number of nitrogens with two attached hydrogens (primary N) is 1. The Morgan fingerprint density at radius 1 is 1.90 bits per heavy atom. The molecule has 1 rings (SSSR count). The van der Waals surface area contributed by atoms with E-state index < -0.39 is 5.91 Å². The molecule has 0 aliphatic heterocycles. The average Bonchev–Trinajstić information content (AvgIpc) is 2.33. The van der Waals surface area contributed by atoms with E-state index in [-0.39, 0.29) is 0 Å². The molecule has 0 fully saturated rings. The smallest absolute Gasteiger partial charge is 0.267 e. The van der Waals surface area contributed by atoms with E-state index in [0.717, 1.165) is 0 Å². The van der Waals surface area contributed by atoms with Gasteiger partial charge < -0.3 is 5.73 Å². The van der Waals surface area contributed by atoms with E-state index in [1.807, 2.05) is 0 Å². The van der Waals surface area contributed by atoms with Gasteiger partial charge in [-0.15, -0.1) is 0 Å². The average molecular weight is 137 g/mol. The molecule has 3 N–H and O–H groups in total. The molecule has 0 saturated heterocycles. The lowest BCUT2D eigenvalue weighted by molar-refractivity contribution is 0.0995. The summed E-state index contributed by atoms with van der Waals surface area (Å²) in [4.78, 5) is 10.5. The van der Waals surface area contributed by atoms with Crippen molar-refractivity contribution < 1.29 is 4.79 Å². The standard InChI is InChI=1S/C6H7N3O/c1-2-4-3-8-9-5(4)6(7)10/h2-3H,1H2,(H2,7,10)(H,8,9). The highest BCUT2D eigenvalue weighted by Gasteiger charge is 2.05. The fourth-order valence-corrected chi connectivity index (χ4v) is 0.648. The Balaban J connectivity index is 3.13. The first kappa shape index (κ1) is 6.54. The predicted octanol–water partition coefficient (Wildman–Crippen LogP) is 0.152. The van der Waals surface area contributed by atoms with Crippen molar-refractivity contribution in [1.29, 1.82) is 0 Å². The Bertz CT molecular complexity index is 264. The molecular weight excluding hydrogens is 130 g/mol. The van der Waals surface area contributed by atoms with Crippen LogP contribution in [0.25, 0.3) is 6.08 Å². The van der Waals surface area contributed by atoms with Crippen LogP contribution in [0.4, 0.5) is 0 Å². The van der Waals surface area contributed by atoms with E-state index in [2.05, 4.69) is 16.8 Å². The van der Waals surface area contributed by atoms with Crippen LogP contribution < -0.4 is 5.73 Å². The molecule has 4 nitrogen and oxygen atoms in total. The minimum absolute atomic E-state index is 0.301. The number of aromatic nitrogens is 2. The Kier molecular flexibility index (Phi) is 1.53. The van der Waals surface area contributed by atoms with Crippen molar-refractivity contribution in [3.63, 3.8) is 0 Å². The van der Waals surface area contributed by atoms with Gasteiger partial charge in [0.1, 0.15) is 5.69 Å². The van der Waals surface area contributed by atoms with Crippen molar-refractivity contribution in [3.8, 4) is 0 Å². The third kappa shape index (κ3) is 0.907. The van der Waals surface area contributed by atoms with Crippen molar-refractivity contribution >= 4 is 12.0 Å². The summed E-state index contributed by atoms with van der Waals surface area (Å²) < 4.78 is 0. The van der Waals surface area contributed by atoms with Crippen LogP contribution in [0.15, 0.2) is 12.8 Å². The first-order valence-electron chi connectivity index (χ1n) is 2.71. The molecule has 0 unspecified atom stereocenters. The molecule has 0 aliphatic rings. The van der Waals surface area contributed by atoms with Crippen LogP contribution in [0.1, 0.15) is 16.1 Å². The maximum atomic E-state index is 10.5. The van der Waals surface area contributed by atoms with Crippen LogP contribution in [0.5, 0.6) is 0 Å². The molecule has 0 bridgehead atoms. The van der Waals surface area contributed by atoms with Crippen molar-refractivity contribution in [2.24, 2.45) is 5.73 Å². The molecule has 0 atom stereocenters. The summed E-state index contributed by atoms with van der Waals surface area (Å²) in [6, 6.07) is 0. The number of nitrogens with zero attached hydrogens (tertiary/aromatic N) is 1. The molecule has 4 heteroatoms. The molecule has 52 valence electrons. The molecule has 0 aromatic carbocycles. The van der Waals surface area contributed by atoms with Gasteiger partial charge in [0, 0.05) is 5.56 Å². The van der Waals surface area contributed by atoms with E-state index in [4.69, 9.17) is 5.73 Å². The van der Waals surface area contributed by atoms with Crippen LogP contribution in [-0.4, -0.2) is 16.1 Å². The Morgan fingerprint density at radius 3 is 3.00 bits per heavy atom. The first-order chi connectivity index (χ1) is 4.75. The van der Waals surface area contributed by atoms with E-state index in [1.165, 1.54) is 12.3 Å². The minimum Gasteiger partial charge on any atom is -0.364 e. The summed E-state index contributed by atoms with van der Waals surface area (Å²) in [5, 5.41) is 6.08. The Morgan fingerprint density at radius 2 is 2.60 bits per heavy atom. The third-order valence-electron chi connectivity index (χ3n) is 1.13. The zero-order chi connectivity index (χ0) is 7.56. The summed E-state index contributed by atoms with van der Waals surface area (Å²) in [5.41, 5.74) is 5.91. The molecule has 1 amide bonds. The maximum absolute atomic E-state index is 10.5. The number of nitrogens with one attached hydrogen (secondary N) is 1. The molecule has 1 heterocycles. The second-order valence-corrected chi connectivity index (χ2v) is 1.77. The van der Waals surface area contributed by atoms with Crippen molar-refractivity contribution in [2.75, 3.05) is 0 Å². The van der Waals surface area contributed by atoms with Gasteiger partial charge in [-0.25, -0.2) is 0 Å². The van der Waals surface area contributed by atoms with E-state index in [1.54, 1.807) is 0 Å². The lowest BCUT2D eigenvalue weighted by Crippen LogP contribution is -2.12. The molecule has 1 aromatic rings. The maximum Gasteiger partial charge on any atom is 0.267 e. The van der Waals surface area contributed by atoms with Gasteiger partial charge in [-0.05, 0) is 0 Å². The van der Waals surface area contributed by atoms with E-state index >= 15 is 0 Å². The largest absolute Gasteiger partial charge is 0.364 e. The van der Waals surface area contributed by atoms with Gasteiger partial charge in [0.25, 0.3) is 5.91 Å². The number of carbonyl (C=O) groups is 1. The van der Waals surface area contributed by atoms with Gasteiger partial charge >= 0.3 is 0 Å². The highest BCUT2D eigenvalue weighted by molar-refractivity contribution is 5.94. The number of carbonyl (C=O) groups excluding carboxylic acids is 1. The zero-order valence-corrected chi connectivity index (χ0v) is 5.29. The number of primary amides is 1. The van der Waals surface area contributed by atoms with Gasteiger partial charge in [0.05, 0.1) is 6.20 Å². The monoisotopic (exact) mass is 137 g/mol. The normalized spacial score (nSPS) is 9.20. The van der Waals surface area contributed by atoms with Gasteiger partial charge in [0.15, 0.2) is 0 Å². The molecule has 0 saturated carbocycles. The van der Waals surface area contributed by atoms with E-state index in [0.29, 0.717) is 11.3 Å². The number of aromatic amines is 1. The Hall–Kier alpha value is -1.58. The molecule has 0 aliphatic carbocycles. The van der Waals surface area contributed by atoms with Crippen LogP contribution in [0.2, 0.25) is 0 Å². The van der Waals surface area contributed by atoms with E-state index in [9.17, 15) is 4.79 Å². The van der Waals surface area contributed by atoms with Crippen LogP contribution >= 0.6 is 0 Å². The summed E-state index contributed by atoms with van der Waals surface area (Å²) in [6.45, 7) is 3.48. The molecular formula is C6H7N3O. The quantitative estimate of drug-likeness (QED) is 0.609. The number of rotatable bonds is 2.